The second-order valence-electron chi connectivity index (χ2n) is 12.1. The van der Waals surface area contributed by atoms with Crippen LogP contribution in [0.4, 0.5) is 0 Å². The van der Waals surface area contributed by atoms with Crippen molar-refractivity contribution in [3.63, 3.8) is 0 Å². The quantitative estimate of drug-likeness (QED) is 0.0415. The molecule has 0 saturated heterocycles. The highest BCUT2D eigenvalue weighted by atomic mass is 28.3. The molecule has 3 nitrogen and oxygen atoms in total. The van der Waals surface area contributed by atoms with Crippen LogP contribution in [0.15, 0.2) is 24.3 Å². The summed E-state index contributed by atoms with van der Waals surface area (Å²) < 4.78 is 17.3. The van der Waals surface area contributed by atoms with Crippen LogP contribution in [-0.2, 0) is 13.3 Å². The van der Waals surface area contributed by atoms with Gasteiger partial charge >= 0.3 is 9.53 Å². The summed E-state index contributed by atoms with van der Waals surface area (Å²) >= 11 is 0. The van der Waals surface area contributed by atoms with Crippen LogP contribution in [0.25, 0.3) is 0 Å². The summed E-state index contributed by atoms with van der Waals surface area (Å²) in [4.78, 5) is 0. The molecule has 4 heteroatoms. The lowest BCUT2D eigenvalue weighted by molar-refractivity contribution is 0.109. The predicted molar refractivity (Wildman–Crippen MR) is 185 cm³/mol. The minimum atomic E-state index is -1.92. The van der Waals surface area contributed by atoms with Crippen molar-refractivity contribution < 1.29 is 13.3 Å². The van der Waals surface area contributed by atoms with Gasteiger partial charge in [-0.1, -0.05) is 154 Å². The first-order valence-corrected chi connectivity index (χ1v) is 19.8. The summed E-state index contributed by atoms with van der Waals surface area (Å²) in [6.07, 6.45) is 47.0. The van der Waals surface area contributed by atoms with Gasteiger partial charge in [0.05, 0.1) is 0 Å². The Bertz CT molecular complexity index is 478. The van der Waals surface area contributed by atoms with E-state index in [1.54, 1.807) is 7.11 Å². The maximum absolute atomic E-state index is 5.92. The van der Waals surface area contributed by atoms with E-state index in [0.29, 0.717) is 0 Å². The Balaban J connectivity index is 3.33. The van der Waals surface area contributed by atoms with Crippen LogP contribution in [0.3, 0.4) is 0 Å². The second-order valence-corrected chi connectivity index (χ2v) is 13.9. The van der Waals surface area contributed by atoms with Gasteiger partial charge in [0.1, 0.15) is 0 Å². The number of allylic oxidation sites excluding steroid dienone is 4. The minimum absolute atomic E-state index is 0.791. The Hall–Kier alpha value is -0.423. The third-order valence-corrected chi connectivity index (χ3v) is 9.41. The first-order chi connectivity index (χ1) is 20.3. The zero-order valence-electron chi connectivity index (χ0n) is 28.3. The fourth-order valence-electron chi connectivity index (χ4n) is 5.24. The van der Waals surface area contributed by atoms with E-state index in [1.807, 2.05) is 0 Å². The van der Waals surface area contributed by atoms with Gasteiger partial charge in [-0.05, 0) is 64.2 Å². The van der Waals surface area contributed by atoms with E-state index in [4.69, 9.17) is 13.3 Å². The maximum atomic E-state index is 5.92. The molecule has 0 heterocycles. The molecule has 0 aromatic heterocycles. The maximum Gasteiger partial charge on any atom is 0.483 e. The first kappa shape index (κ1) is 40.6. The number of hydrogen-bond acceptors (Lipinski definition) is 3. The molecule has 0 spiro atoms. The van der Waals surface area contributed by atoms with Crippen LogP contribution in [0.2, 0.25) is 0 Å². The topological polar surface area (TPSA) is 27.7 Å². The minimum Gasteiger partial charge on any atom is -0.379 e. The molecule has 0 bridgehead atoms. The van der Waals surface area contributed by atoms with Gasteiger partial charge in [-0.25, -0.2) is 0 Å². The molecule has 0 amide bonds. The van der Waals surface area contributed by atoms with E-state index >= 15 is 0 Å². The molecule has 0 aromatic rings. The van der Waals surface area contributed by atoms with E-state index in [1.165, 1.54) is 167 Å². The van der Waals surface area contributed by atoms with E-state index in [9.17, 15) is 0 Å². The van der Waals surface area contributed by atoms with Crippen molar-refractivity contribution >= 4 is 9.53 Å². The molecule has 0 N–H and O–H groups in total. The van der Waals surface area contributed by atoms with Crippen LogP contribution in [0.1, 0.15) is 194 Å². The van der Waals surface area contributed by atoms with Gasteiger partial charge in [0.15, 0.2) is 0 Å². The predicted octanol–water partition coefficient (Wildman–Crippen LogP) is 12.5. The molecule has 0 fully saturated rings. The van der Waals surface area contributed by atoms with Crippen molar-refractivity contribution in [2.75, 3.05) is 20.3 Å². The van der Waals surface area contributed by atoms with Crippen molar-refractivity contribution in [2.24, 2.45) is 0 Å². The van der Waals surface area contributed by atoms with Gasteiger partial charge in [0.25, 0.3) is 0 Å². The van der Waals surface area contributed by atoms with E-state index in [2.05, 4.69) is 38.2 Å². The summed E-state index contributed by atoms with van der Waals surface area (Å²) in [6.45, 7) is 6.15. The molecule has 0 aliphatic carbocycles. The molecular weight excluding hydrogens is 520 g/mol. The molecule has 0 radical (unpaired) electrons. The van der Waals surface area contributed by atoms with Crippen LogP contribution in [-0.4, -0.2) is 29.9 Å². The fraction of sp³-hybridized carbons (Fsp3) is 0.892. The first-order valence-electron chi connectivity index (χ1n) is 18.4. The average molecular weight is 595 g/mol. The van der Waals surface area contributed by atoms with Gasteiger partial charge in [-0.2, -0.15) is 0 Å². The van der Waals surface area contributed by atoms with Crippen molar-refractivity contribution in [3.8, 4) is 0 Å². The standard InChI is InChI=1S/C37H74O3Si/c1-4-6-8-10-12-14-16-18-20-22-24-26-28-30-32-34-36-39-41(38-3)40-37-35-33-31-29-27-25-23-21-19-17-15-13-11-9-7-5-2/h18-21,41H,4-17,22-37H2,1-3H3/b20-18-,21-19-. The molecule has 0 unspecified atom stereocenters. The molecule has 0 aromatic carbocycles. The molecule has 0 aliphatic heterocycles. The molecule has 244 valence electrons. The zero-order valence-corrected chi connectivity index (χ0v) is 29.5. The van der Waals surface area contributed by atoms with Crippen molar-refractivity contribution in [3.05, 3.63) is 24.3 Å². The summed E-state index contributed by atoms with van der Waals surface area (Å²) in [5.41, 5.74) is 0. The third kappa shape index (κ3) is 35.7. The molecular formula is C37H74O3Si. The Labute approximate surface area is 260 Å². The van der Waals surface area contributed by atoms with Crippen LogP contribution in [0, 0.1) is 0 Å². The summed E-state index contributed by atoms with van der Waals surface area (Å²) in [6, 6.07) is 0. The monoisotopic (exact) mass is 595 g/mol. The number of unbranched alkanes of at least 4 members (excludes halogenated alkanes) is 24. The van der Waals surface area contributed by atoms with Gasteiger partial charge in [0, 0.05) is 20.3 Å². The Morgan fingerprint density at radius 3 is 0.927 bits per heavy atom. The smallest absolute Gasteiger partial charge is 0.379 e. The van der Waals surface area contributed by atoms with Crippen molar-refractivity contribution in [1.29, 1.82) is 0 Å². The summed E-state index contributed by atoms with van der Waals surface area (Å²) in [5.74, 6) is 0. The van der Waals surface area contributed by atoms with Crippen molar-refractivity contribution in [2.45, 2.75) is 194 Å². The second kappa shape index (κ2) is 37.6. The summed E-state index contributed by atoms with van der Waals surface area (Å²) in [5, 5.41) is 0. The molecule has 0 atom stereocenters. The van der Waals surface area contributed by atoms with E-state index < -0.39 is 9.53 Å². The van der Waals surface area contributed by atoms with Gasteiger partial charge in [0.2, 0.25) is 0 Å². The van der Waals surface area contributed by atoms with Gasteiger partial charge in [-0.15, -0.1) is 0 Å². The molecule has 0 saturated carbocycles. The average Bonchev–Trinajstić information content (AvgIpc) is 2.99. The fourth-order valence-corrected chi connectivity index (χ4v) is 6.33. The van der Waals surface area contributed by atoms with E-state index in [-0.39, 0.29) is 0 Å². The number of hydrogen-bond donors (Lipinski definition) is 0. The lowest BCUT2D eigenvalue weighted by Gasteiger charge is -2.14. The van der Waals surface area contributed by atoms with Crippen LogP contribution < -0.4 is 0 Å². The molecule has 0 rings (SSSR count). The third-order valence-electron chi connectivity index (χ3n) is 8.01. The number of rotatable bonds is 35. The summed E-state index contributed by atoms with van der Waals surface area (Å²) in [7, 11) is -0.180. The van der Waals surface area contributed by atoms with Gasteiger partial charge < -0.3 is 13.3 Å². The van der Waals surface area contributed by atoms with Crippen LogP contribution in [0.5, 0.6) is 0 Å². The largest absolute Gasteiger partial charge is 0.483 e. The molecule has 0 aliphatic rings. The van der Waals surface area contributed by atoms with Gasteiger partial charge in [-0.3, -0.25) is 0 Å². The Kier molecular flexibility index (Phi) is 37.2. The Morgan fingerprint density at radius 2 is 0.634 bits per heavy atom. The lowest BCUT2D eigenvalue weighted by atomic mass is 10.1. The highest BCUT2D eigenvalue weighted by Gasteiger charge is 2.12. The Morgan fingerprint density at radius 1 is 0.366 bits per heavy atom. The molecule has 41 heavy (non-hydrogen) atoms. The van der Waals surface area contributed by atoms with Crippen molar-refractivity contribution in [1.82, 2.24) is 0 Å². The highest BCUT2D eigenvalue weighted by molar-refractivity contribution is 6.36. The zero-order chi connectivity index (χ0) is 29.7. The van der Waals surface area contributed by atoms with E-state index in [0.717, 1.165) is 26.1 Å². The normalized spacial score (nSPS) is 12.1. The SMILES string of the molecule is CCCCCCCC/C=C\CCCCCCCCO[SiH](OC)OCCCCCCCC/C=C\CCCCCCCC. The van der Waals surface area contributed by atoms with Crippen LogP contribution >= 0.6 is 0 Å². The highest BCUT2D eigenvalue weighted by Crippen LogP contribution is 2.12. The lowest BCUT2D eigenvalue weighted by Crippen LogP contribution is -2.26.